The molecule has 3 nitrogen and oxygen atoms in total. The summed E-state index contributed by atoms with van der Waals surface area (Å²) in [5.74, 6) is 0. The second-order valence-corrected chi connectivity index (χ2v) is 2.18. The van der Waals surface area contributed by atoms with Crippen molar-refractivity contribution < 1.29 is 0 Å². The molecule has 0 saturated heterocycles. The Hall–Kier alpha value is -1.38. The Balaban J connectivity index is 2.93. The van der Waals surface area contributed by atoms with Crippen molar-refractivity contribution in [1.82, 2.24) is 14.8 Å². The number of pyridine rings is 1. The number of rotatable bonds is 0. The molecular formula is C7H7N3. The lowest BCUT2D eigenvalue weighted by atomic mass is 10.4. The molecule has 2 rings (SSSR count). The first-order chi connectivity index (χ1) is 4.88. The highest BCUT2D eigenvalue weighted by molar-refractivity contribution is 5.73. The molecule has 2 aromatic heterocycles. The van der Waals surface area contributed by atoms with Gasteiger partial charge in [0.1, 0.15) is 0 Å². The van der Waals surface area contributed by atoms with Gasteiger partial charge in [-0.05, 0) is 12.1 Å². The lowest BCUT2D eigenvalue weighted by Gasteiger charge is -1.88. The largest absolute Gasteiger partial charge is 0.250 e. The standard InChI is InChI=1S/C7H7N3/c1-10-7-6(5-9-10)3-2-4-8-7/h2-5H,1H3. The number of nitrogens with zero attached hydrogens (tertiary/aromatic N) is 3. The van der Waals surface area contributed by atoms with Crippen molar-refractivity contribution in [2.45, 2.75) is 0 Å². The van der Waals surface area contributed by atoms with Gasteiger partial charge in [-0.2, -0.15) is 5.10 Å². The number of hydrogen-bond donors (Lipinski definition) is 0. The van der Waals surface area contributed by atoms with Gasteiger partial charge in [0, 0.05) is 18.6 Å². The minimum Gasteiger partial charge on any atom is -0.250 e. The van der Waals surface area contributed by atoms with Crippen LogP contribution in [0.5, 0.6) is 0 Å². The summed E-state index contributed by atoms with van der Waals surface area (Å²) in [6.07, 6.45) is 3.58. The third-order valence-electron chi connectivity index (χ3n) is 1.49. The molecule has 0 fully saturated rings. The Morgan fingerprint density at radius 1 is 1.50 bits per heavy atom. The van der Waals surface area contributed by atoms with Crippen LogP contribution in [0.3, 0.4) is 0 Å². The van der Waals surface area contributed by atoms with Gasteiger partial charge in [0.15, 0.2) is 5.65 Å². The van der Waals surface area contributed by atoms with Crippen molar-refractivity contribution in [3.05, 3.63) is 24.5 Å². The smallest absolute Gasteiger partial charge is 0.157 e. The molecule has 0 aliphatic rings. The Morgan fingerprint density at radius 2 is 2.40 bits per heavy atom. The second-order valence-electron chi connectivity index (χ2n) is 2.18. The average molecular weight is 133 g/mol. The Labute approximate surface area is 58.3 Å². The van der Waals surface area contributed by atoms with E-state index in [0.29, 0.717) is 0 Å². The summed E-state index contributed by atoms with van der Waals surface area (Å²) in [6, 6.07) is 3.90. The van der Waals surface area contributed by atoms with Crippen LogP contribution >= 0.6 is 0 Å². The Morgan fingerprint density at radius 3 is 3.20 bits per heavy atom. The van der Waals surface area contributed by atoms with E-state index in [1.54, 1.807) is 10.9 Å². The van der Waals surface area contributed by atoms with E-state index in [0.717, 1.165) is 11.0 Å². The number of fused-ring (bicyclic) bond motifs is 1. The fraction of sp³-hybridized carbons (Fsp3) is 0.143. The van der Waals surface area contributed by atoms with Crippen LogP contribution in [0.2, 0.25) is 0 Å². The topological polar surface area (TPSA) is 30.7 Å². The van der Waals surface area contributed by atoms with Gasteiger partial charge in [0.05, 0.1) is 6.20 Å². The van der Waals surface area contributed by atoms with Gasteiger partial charge in [-0.15, -0.1) is 0 Å². The van der Waals surface area contributed by atoms with E-state index in [-0.39, 0.29) is 0 Å². The second kappa shape index (κ2) is 1.80. The average Bonchev–Trinajstić information content (AvgIpc) is 2.34. The summed E-state index contributed by atoms with van der Waals surface area (Å²) in [5.41, 5.74) is 0.933. The van der Waals surface area contributed by atoms with Crippen LogP contribution in [0.1, 0.15) is 0 Å². The minimum atomic E-state index is 0.933. The van der Waals surface area contributed by atoms with Gasteiger partial charge in [-0.25, -0.2) is 4.98 Å². The quantitative estimate of drug-likeness (QED) is 0.536. The molecule has 0 saturated carbocycles. The maximum absolute atomic E-state index is 4.14. The SMILES string of the molecule is Cn1ncc2cccnc21. The maximum atomic E-state index is 4.14. The molecule has 10 heavy (non-hydrogen) atoms. The van der Waals surface area contributed by atoms with Crippen molar-refractivity contribution in [3.63, 3.8) is 0 Å². The molecule has 50 valence electrons. The zero-order chi connectivity index (χ0) is 6.97. The molecule has 2 heterocycles. The summed E-state index contributed by atoms with van der Waals surface area (Å²) in [6.45, 7) is 0. The normalized spacial score (nSPS) is 10.5. The monoisotopic (exact) mass is 133 g/mol. The summed E-state index contributed by atoms with van der Waals surface area (Å²) in [4.78, 5) is 4.14. The summed E-state index contributed by atoms with van der Waals surface area (Å²) < 4.78 is 1.76. The molecule has 0 bridgehead atoms. The molecule has 2 aromatic rings. The van der Waals surface area contributed by atoms with Crippen LogP contribution in [-0.4, -0.2) is 14.8 Å². The number of aryl methyl sites for hydroxylation is 1. The molecule has 0 aliphatic carbocycles. The van der Waals surface area contributed by atoms with E-state index in [1.807, 2.05) is 25.4 Å². The van der Waals surface area contributed by atoms with Crippen molar-refractivity contribution >= 4 is 11.0 Å². The van der Waals surface area contributed by atoms with Gasteiger partial charge in [0.2, 0.25) is 0 Å². The summed E-state index contributed by atoms with van der Waals surface area (Å²) in [5, 5.41) is 5.14. The molecule has 0 N–H and O–H groups in total. The highest BCUT2D eigenvalue weighted by Gasteiger charge is 1.95. The highest BCUT2D eigenvalue weighted by atomic mass is 15.3. The predicted octanol–water partition coefficient (Wildman–Crippen LogP) is 0.968. The van der Waals surface area contributed by atoms with Crippen molar-refractivity contribution in [2.75, 3.05) is 0 Å². The van der Waals surface area contributed by atoms with Gasteiger partial charge in [-0.3, -0.25) is 4.68 Å². The van der Waals surface area contributed by atoms with Crippen molar-refractivity contribution in [1.29, 1.82) is 0 Å². The molecule has 0 spiro atoms. The Kier molecular flexibility index (Phi) is 0.974. The van der Waals surface area contributed by atoms with E-state index < -0.39 is 0 Å². The molecule has 0 amide bonds. The van der Waals surface area contributed by atoms with E-state index >= 15 is 0 Å². The molecule has 0 aromatic carbocycles. The minimum absolute atomic E-state index is 0.933. The highest BCUT2D eigenvalue weighted by Crippen LogP contribution is 2.06. The molecular weight excluding hydrogens is 126 g/mol. The van der Waals surface area contributed by atoms with Gasteiger partial charge < -0.3 is 0 Å². The zero-order valence-electron chi connectivity index (χ0n) is 5.65. The summed E-state index contributed by atoms with van der Waals surface area (Å²) in [7, 11) is 1.88. The predicted molar refractivity (Wildman–Crippen MR) is 38.5 cm³/mol. The summed E-state index contributed by atoms with van der Waals surface area (Å²) >= 11 is 0. The molecule has 0 aliphatic heterocycles. The van der Waals surface area contributed by atoms with Crippen LogP contribution in [0, 0.1) is 0 Å². The first kappa shape index (κ1) is 5.41. The van der Waals surface area contributed by atoms with Gasteiger partial charge in [0.25, 0.3) is 0 Å². The van der Waals surface area contributed by atoms with Gasteiger partial charge >= 0.3 is 0 Å². The lowest BCUT2D eigenvalue weighted by molar-refractivity contribution is 0.786. The third-order valence-corrected chi connectivity index (χ3v) is 1.49. The fourth-order valence-electron chi connectivity index (χ4n) is 0.984. The maximum Gasteiger partial charge on any atom is 0.157 e. The van der Waals surface area contributed by atoms with E-state index in [4.69, 9.17) is 0 Å². The van der Waals surface area contributed by atoms with Crippen LogP contribution in [0.4, 0.5) is 0 Å². The van der Waals surface area contributed by atoms with Crippen LogP contribution < -0.4 is 0 Å². The van der Waals surface area contributed by atoms with Crippen molar-refractivity contribution in [3.8, 4) is 0 Å². The van der Waals surface area contributed by atoms with Crippen molar-refractivity contribution in [2.24, 2.45) is 7.05 Å². The molecule has 3 heteroatoms. The fourth-order valence-corrected chi connectivity index (χ4v) is 0.984. The van der Waals surface area contributed by atoms with Gasteiger partial charge in [-0.1, -0.05) is 0 Å². The number of hydrogen-bond acceptors (Lipinski definition) is 2. The molecule has 0 radical (unpaired) electrons. The third kappa shape index (κ3) is 0.603. The number of aromatic nitrogens is 3. The van der Waals surface area contributed by atoms with Crippen LogP contribution in [0.15, 0.2) is 24.5 Å². The molecule has 0 atom stereocenters. The van der Waals surface area contributed by atoms with Crippen LogP contribution in [0.25, 0.3) is 11.0 Å². The first-order valence-electron chi connectivity index (χ1n) is 3.10. The lowest BCUT2D eigenvalue weighted by Crippen LogP contribution is -1.89. The first-order valence-corrected chi connectivity index (χ1v) is 3.10. The van der Waals surface area contributed by atoms with Crippen LogP contribution in [-0.2, 0) is 7.05 Å². The molecule has 0 unspecified atom stereocenters. The van der Waals surface area contributed by atoms with E-state index in [1.165, 1.54) is 0 Å². The van der Waals surface area contributed by atoms with E-state index in [2.05, 4.69) is 10.1 Å². The zero-order valence-corrected chi connectivity index (χ0v) is 5.65. The Bertz CT molecular complexity index is 350. The van der Waals surface area contributed by atoms with E-state index in [9.17, 15) is 0 Å².